The number of anilines is 2. The van der Waals surface area contributed by atoms with Crippen LogP contribution < -0.4 is 19.1 Å². The fourth-order valence-corrected chi connectivity index (χ4v) is 4.88. The van der Waals surface area contributed by atoms with Crippen molar-refractivity contribution < 1.29 is 22.7 Å². The number of amides is 1. The lowest BCUT2D eigenvalue weighted by Gasteiger charge is -2.21. The van der Waals surface area contributed by atoms with Crippen molar-refractivity contribution in [1.82, 2.24) is 10.2 Å². The molecule has 0 bridgehead atoms. The molecule has 3 aromatic carbocycles. The Kier molecular flexibility index (Phi) is 7.81. The molecular formula is C25H24N4O5S2. The van der Waals surface area contributed by atoms with Gasteiger partial charge >= 0.3 is 0 Å². The summed E-state index contributed by atoms with van der Waals surface area (Å²) in [6.07, 6.45) is 1.05. The van der Waals surface area contributed by atoms with Gasteiger partial charge < -0.3 is 9.47 Å². The first-order valence-electron chi connectivity index (χ1n) is 10.8. The zero-order valence-corrected chi connectivity index (χ0v) is 21.3. The van der Waals surface area contributed by atoms with Crippen LogP contribution in [-0.2, 0) is 21.4 Å². The fraction of sp³-hybridized carbons (Fsp3) is 0.160. The molecule has 0 saturated heterocycles. The molecule has 1 heterocycles. The lowest BCUT2D eigenvalue weighted by atomic mass is 10.2. The van der Waals surface area contributed by atoms with Crippen LogP contribution in [0.1, 0.15) is 5.56 Å². The third-order valence-corrected chi connectivity index (χ3v) is 7.10. The van der Waals surface area contributed by atoms with Crippen molar-refractivity contribution in [2.75, 3.05) is 29.5 Å². The van der Waals surface area contributed by atoms with E-state index in [2.05, 4.69) is 15.5 Å². The summed E-state index contributed by atoms with van der Waals surface area (Å²) in [5.74, 6) is 0.760. The molecule has 4 aromatic rings. The van der Waals surface area contributed by atoms with Crippen molar-refractivity contribution in [3.63, 3.8) is 0 Å². The highest BCUT2D eigenvalue weighted by Crippen LogP contribution is 2.28. The molecule has 9 nitrogen and oxygen atoms in total. The molecule has 0 atom stereocenters. The minimum Gasteiger partial charge on any atom is -0.497 e. The largest absolute Gasteiger partial charge is 0.497 e. The maximum atomic E-state index is 12.7. The molecular weight excluding hydrogens is 500 g/mol. The zero-order valence-electron chi connectivity index (χ0n) is 19.6. The molecule has 0 spiro atoms. The fourth-order valence-electron chi connectivity index (χ4n) is 3.26. The summed E-state index contributed by atoms with van der Waals surface area (Å²) in [7, 11) is -2.15. The molecule has 186 valence electrons. The van der Waals surface area contributed by atoms with Crippen LogP contribution in [-0.4, -0.2) is 44.4 Å². The van der Waals surface area contributed by atoms with Gasteiger partial charge in [0.25, 0.3) is 0 Å². The summed E-state index contributed by atoms with van der Waals surface area (Å²) < 4.78 is 36.8. The average molecular weight is 525 g/mol. The topological polar surface area (TPSA) is 111 Å². The number of benzene rings is 3. The van der Waals surface area contributed by atoms with E-state index in [9.17, 15) is 13.2 Å². The Morgan fingerprint density at radius 2 is 1.61 bits per heavy atom. The molecule has 0 unspecified atom stereocenters. The van der Waals surface area contributed by atoms with Crippen LogP contribution in [0.2, 0.25) is 0 Å². The second kappa shape index (κ2) is 11.2. The number of sulfonamides is 1. The lowest BCUT2D eigenvalue weighted by molar-refractivity contribution is -0.114. The number of nitrogens with one attached hydrogen (secondary N) is 1. The van der Waals surface area contributed by atoms with E-state index in [-0.39, 0.29) is 5.13 Å². The number of aromatic nitrogens is 2. The summed E-state index contributed by atoms with van der Waals surface area (Å²) >= 11 is 1.18. The highest BCUT2D eigenvalue weighted by molar-refractivity contribution is 7.92. The monoisotopic (exact) mass is 524 g/mol. The minimum absolute atomic E-state index is 0.268. The number of hydrogen-bond acceptors (Lipinski definition) is 8. The lowest BCUT2D eigenvalue weighted by Crippen LogP contribution is -2.37. The summed E-state index contributed by atoms with van der Waals surface area (Å²) in [4.78, 5) is 12.7. The minimum atomic E-state index is -3.73. The van der Waals surface area contributed by atoms with Gasteiger partial charge in [0.05, 0.1) is 19.1 Å². The number of ether oxygens (including phenoxy) is 2. The number of carbonyl (C=O) groups is 1. The average Bonchev–Trinajstić information content (AvgIpc) is 3.35. The molecule has 36 heavy (non-hydrogen) atoms. The normalized spacial score (nSPS) is 11.1. The molecule has 0 aliphatic rings. The van der Waals surface area contributed by atoms with Gasteiger partial charge in [-0.2, -0.15) is 0 Å². The molecule has 0 fully saturated rings. The second-order valence-corrected chi connectivity index (χ2v) is 10.6. The van der Waals surface area contributed by atoms with Gasteiger partial charge in [0, 0.05) is 5.56 Å². The molecule has 0 radical (unpaired) electrons. The van der Waals surface area contributed by atoms with E-state index in [1.165, 1.54) is 11.3 Å². The first-order valence-corrected chi connectivity index (χ1v) is 13.5. The van der Waals surface area contributed by atoms with Crippen LogP contribution in [0.3, 0.4) is 0 Å². The van der Waals surface area contributed by atoms with Crippen LogP contribution in [0.15, 0.2) is 78.9 Å². The predicted octanol–water partition coefficient (Wildman–Crippen LogP) is 4.20. The van der Waals surface area contributed by atoms with E-state index in [4.69, 9.17) is 9.47 Å². The molecule has 11 heteroatoms. The van der Waals surface area contributed by atoms with Crippen molar-refractivity contribution in [1.29, 1.82) is 0 Å². The Bertz CT molecular complexity index is 1410. The number of carbonyl (C=O) groups excluding carboxylic acids is 1. The van der Waals surface area contributed by atoms with Gasteiger partial charge in [-0.1, -0.05) is 41.7 Å². The summed E-state index contributed by atoms with van der Waals surface area (Å²) in [6.45, 7) is -0.0285. The van der Waals surface area contributed by atoms with Gasteiger partial charge in [-0.3, -0.25) is 14.4 Å². The zero-order chi connectivity index (χ0) is 25.5. The highest BCUT2D eigenvalue weighted by atomic mass is 32.2. The Morgan fingerprint density at radius 3 is 2.25 bits per heavy atom. The summed E-state index contributed by atoms with van der Waals surface area (Å²) in [6, 6.07) is 23.5. The van der Waals surface area contributed by atoms with E-state index >= 15 is 0 Å². The number of nitrogens with zero attached hydrogens (tertiary/aromatic N) is 3. The van der Waals surface area contributed by atoms with E-state index in [1.807, 2.05) is 42.5 Å². The van der Waals surface area contributed by atoms with Crippen LogP contribution in [0, 0.1) is 0 Å². The van der Waals surface area contributed by atoms with Gasteiger partial charge in [-0.05, 0) is 54.1 Å². The SMILES string of the molecule is COc1ccc(-c2nnc(NC(=O)CN(c3ccc(OCc4ccccc4)cc3)S(C)(=O)=O)s2)cc1. The number of methoxy groups -OCH3 is 1. The molecule has 0 aliphatic heterocycles. The Labute approximate surface area is 213 Å². The molecule has 0 aliphatic carbocycles. The van der Waals surface area contributed by atoms with Crippen LogP contribution in [0.4, 0.5) is 10.8 Å². The molecule has 1 N–H and O–H groups in total. The Balaban J connectivity index is 1.40. The molecule has 0 saturated carbocycles. The smallest absolute Gasteiger partial charge is 0.246 e. The standard InChI is InChI=1S/C25H24N4O5S2/c1-33-21-12-8-19(9-13-21)24-27-28-25(35-24)26-23(30)16-29(36(2,31)32)20-10-14-22(15-11-20)34-17-18-6-4-3-5-7-18/h3-15H,16-17H2,1-2H3,(H,26,28,30). The maximum absolute atomic E-state index is 12.7. The Hall–Kier alpha value is -3.96. The third-order valence-electron chi connectivity index (χ3n) is 5.07. The second-order valence-electron chi connectivity index (χ2n) is 7.73. The predicted molar refractivity (Wildman–Crippen MR) is 140 cm³/mol. The highest BCUT2D eigenvalue weighted by Gasteiger charge is 2.22. The van der Waals surface area contributed by atoms with Crippen molar-refractivity contribution in [2.45, 2.75) is 6.61 Å². The third kappa shape index (κ3) is 6.58. The van der Waals surface area contributed by atoms with Gasteiger partial charge in [0.1, 0.15) is 29.7 Å². The van der Waals surface area contributed by atoms with E-state index in [0.29, 0.717) is 28.8 Å². The van der Waals surface area contributed by atoms with Gasteiger partial charge in [0.2, 0.25) is 21.1 Å². The van der Waals surface area contributed by atoms with Crippen LogP contribution in [0.25, 0.3) is 10.6 Å². The van der Waals surface area contributed by atoms with E-state index in [0.717, 1.165) is 21.7 Å². The van der Waals surface area contributed by atoms with Crippen LogP contribution in [0.5, 0.6) is 11.5 Å². The Morgan fingerprint density at radius 1 is 0.944 bits per heavy atom. The van der Waals surface area contributed by atoms with Crippen molar-refractivity contribution in [2.24, 2.45) is 0 Å². The number of rotatable bonds is 10. The molecule has 1 aromatic heterocycles. The molecule has 4 rings (SSSR count). The van der Waals surface area contributed by atoms with Crippen molar-refractivity contribution in [3.05, 3.63) is 84.4 Å². The molecule has 1 amide bonds. The first-order chi connectivity index (χ1) is 17.3. The number of hydrogen-bond donors (Lipinski definition) is 1. The first kappa shape index (κ1) is 25.1. The van der Waals surface area contributed by atoms with Gasteiger partial charge in [0.15, 0.2) is 0 Å². The maximum Gasteiger partial charge on any atom is 0.246 e. The van der Waals surface area contributed by atoms with E-state index in [1.54, 1.807) is 43.5 Å². The quantitative estimate of drug-likeness (QED) is 0.331. The van der Waals surface area contributed by atoms with Gasteiger partial charge in [-0.15, -0.1) is 10.2 Å². The van der Waals surface area contributed by atoms with Crippen molar-refractivity contribution >= 4 is 38.1 Å². The summed E-state index contributed by atoms with van der Waals surface area (Å²) in [5, 5.41) is 11.6. The summed E-state index contributed by atoms with van der Waals surface area (Å²) in [5.41, 5.74) is 2.18. The van der Waals surface area contributed by atoms with E-state index < -0.39 is 22.5 Å². The van der Waals surface area contributed by atoms with Crippen molar-refractivity contribution in [3.8, 4) is 22.1 Å². The van der Waals surface area contributed by atoms with Crippen LogP contribution >= 0.6 is 11.3 Å². The van der Waals surface area contributed by atoms with Gasteiger partial charge in [-0.25, -0.2) is 8.42 Å².